The molecule has 0 radical (unpaired) electrons. The summed E-state index contributed by atoms with van der Waals surface area (Å²) in [4.78, 5) is 10.6. The van der Waals surface area contributed by atoms with Crippen LogP contribution in [0.1, 0.15) is 10.5 Å². The van der Waals surface area contributed by atoms with Crippen LogP contribution in [0.5, 0.6) is 0 Å². The third kappa shape index (κ3) is 1.99. The Balaban J connectivity index is 2.45. The fourth-order valence-electron chi connectivity index (χ4n) is 1.08. The summed E-state index contributed by atoms with van der Waals surface area (Å²) in [7, 11) is 0. The lowest BCUT2D eigenvalue weighted by Crippen LogP contribution is -1.95. The van der Waals surface area contributed by atoms with E-state index in [2.05, 4.69) is 10.2 Å². The summed E-state index contributed by atoms with van der Waals surface area (Å²) in [6.07, 6.45) is 0. The highest BCUT2D eigenvalue weighted by atomic mass is 35.5. The molecule has 2 aromatic rings. The number of carboxylic acid groups (broad SMARTS) is 1. The van der Waals surface area contributed by atoms with Crippen LogP contribution in [0.3, 0.4) is 0 Å². The molecule has 15 heavy (non-hydrogen) atoms. The Bertz CT molecular complexity index is 520. The highest BCUT2D eigenvalue weighted by molar-refractivity contribution is 7.20. The van der Waals surface area contributed by atoms with Crippen LogP contribution in [0.2, 0.25) is 8.67 Å². The lowest BCUT2D eigenvalue weighted by atomic mass is 10.2. The molecule has 0 amide bonds. The molecule has 0 aliphatic heterocycles. The third-order valence-corrected chi connectivity index (χ3v) is 3.23. The van der Waals surface area contributed by atoms with Gasteiger partial charge in [-0.25, -0.2) is 4.79 Å². The van der Waals surface area contributed by atoms with Crippen LogP contribution in [0.4, 0.5) is 0 Å². The van der Waals surface area contributed by atoms with Crippen molar-refractivity contribution in [1.29, 1.82) is 0 Å². The summed E-state index contributed by atoms with van der Waals surface area (Å²) in [5, 5.41) is 14.9. The van der Waals surface area contributed by atoms with Gasteiger partial charge in [-0.15, -0.1) is 11.3 Å². The van der Waals surface area contributed by atoms with Gasteiger partial charge >= 0.3 is 5.97 Å². The number of aromatic carboxylic acids is 1. The molecule has 2 heterocycles. The molecule has 0 unspecified atom stereocenters. The van der Waals surface area contributed by atoms with E-state index in [-0.39, 0.29) is 5.69 Å². The molecule has 0 aromatic carbocycles. The number of rotatable bonds is 2. The van der Waals surface area contributed by atoms with Crippen molar-refractivity contribution in [1.82, 2.24) is 10.2 Å². The Morgan fingerprint density at radius 1 is 1.47 bits per heavy atom. The lowest BCUT2D eigenvalue weighted by molar-refractivity contribution is 0.0690. The molecule has 0 fully saturated rings. The number of carboxylic acids is 1. The van der Waals surface area contributed by atoms with E-state index in [9.17, 15) is 4.79 Å². The smallest absolute Gasteiger partial charge is 0.353 e. The van der Waals surface area contributed by atoms with Crippen molar-refractivity contribution in [2.75, 3.05) is 0 Å². The van der Waals surface area contributed by atoms with Gasteiger partial charge in [-0.2, -0.15) is 5.10 Å². The van der Waals surface area contributed by atoms with E-state index in [4.69, 9.17) is 28.3 Å². The SMILES string of the molecule is O=C(O)c1cc(-c2cc(Cl)sc2Cl)n[nH]1. The molecule has 2 aromatic heterocycles. The molecule has 0 saturated heterocycles. The van der Waals surface area contributed by atoms with Crippen molar-refractivity contribution in [3.63, 3.8) is 0 Å². The monoisotopic (exact) mass is 262 g/mol. The molecule has 0 atom stereocenters. The van der Waals surface area contributed by atoms with E-state index in [0.717, 1.165) is 0 Å². The van der Waals surface area contributed by atoms with Crippen LogP contribution < -0.4 is 0 Å². The number of hydrogen-bond donors (Lipinski definition) is 2. The number of halogens is 2. The zero-order valence-electron chi connectivity index (χ0n) is 7.12. The predicted molar refractivity (Wildman–Crippen MR) is 58.9 cm³/mol. The number of carbonyl (C=O) groups is 1. The zero-order valence-corrected chi connectivity index (χ0v) is 9.45. The van der Waals surface area contributed by atoms with Gasteiger partial charge < -0.3 is 5.11 Å². The van der Waals surface area contributed by atoms with Gasteiger partial charge in [-0.3, -0.25) is 5.10 Å². The Hall–Kier alpha value is -1.04. The number of nitrogens with zero attached hydrogens (tertiary/aromatic N) is 1. The van der Waals surface area contributed by atoms with Crippen molar-refractivity contribution in [2.24, 2.45) is 0 Å². The molecule has 78 valence electrons. The highest BCUT2D eigenvalue weighted by Gasteiger charge is 2.13. The highest BCUT2D eigenvalue weighted by Crippen LogP contribution is 2.37. The number of aromatic nitrogens is 2. The first kappa shape index (κ1) is 10.5. The van der Waals surface area contributed by atoms with Crippen LogP contribution in [0, 0.1) is 0 Å². The van der Waals surface area contributed by atoms with Gasteiger partial charge in [0.1, 0.15) is 10.0 Å². The normalized spacial score (nSPS) is 10.5. The van der Waals surface area contributed by atoms with Crippen molar-refractivity contribution >= 4 is 40.5 Å². The summed E-state index contributed by atoms with van der Waals surface area (Å²) in [6, 6.07) is 3.06. The van der Waals surface area contributed by atoms with Crippen LogP contribution in [-0.4, -0.2) is 21.3 Å². The molecule has 0 aliphatic carbocycles. The summed E-state index contributed by atoms with van der Waals surface area (Å²) in [5.74, 6) is -1.06. The van der Waals surface area contributed by atoms with Crippen LogP contribution >= 0.6 is 34.5 Å². The predicted octanol–water partition coefficient (Wildman–Crippen LogP) is 3.14. The van der Waals surface area contributed by atoms with Crippen molar-refractivity contribution in [3.05, 3.63) is 26.5 Å². The zero-order chi connectivity index (χ0) is 11.0. The summed E-state index contributed by atoms with van der Waals surface area (Å²) >= 11 is 12.9. The standard InChI is InChI=1S/C8H4Cl2N2O2S/c9-6-1-3(7(10)15-6)4-2-5(8(13)14)12-11-4/h1-2H,(H,11,12)(H,13,14). The van der Waals surface area contributed by atoms with Gasteiger partial charge in [0.15, 0.2) is 0 Å². The summed E-state index contributed by atoms with van der Waals surface area (Å²) < 4.78 is 1.03. The fourth-order valence-corrected chi connectivity index (χ4v) is 2.57. The van der Waals surface area contributed by atoms with Gasteiger partial charge in [0, 0.05) is 5.56 Å². The molecular formula is C8H4Cl2N2O2S. The van der Waals surface area contributed by atoms with Gasteiger partial charge in [0.2, 0.25) is 0 Å². The first-order valence-corrected chi connectivity index (χ1v) is 5.39. The maximum Gasteiger partial charge on any atom is 0.353 e. The maximum absolute atomic E-state index is 10.6. The second-order valence-corrected chi connectivity index (χ2v) is 5.00. The van der Waals surface area contributed by atoms with Gasteiger partial charge in [-0.1, -0.05) is 23.2 Å². The first-order chi connectivity index (χ1) is 7.08. The fraction of sp³-hybridized carbons (Fsp3) is 0. The quantitative estimate of drug-likeness (QED) is 0.874. The molecule has 0 bridgehead atoms. The van der Waals surface area contributed by atoms with Crippen molar-refractivity contribution < 1.29 is 9.90 Å². The molecule has 0 spiro atoms. The average molecular weight is 263 g/mol. The Morgan fingerprint density at radius 2 is 2.20 bits per heavy atom. The van der Waals surface area contributed by atoms with Gasteiger partial charge in [-0.05, 0) is 12.1 Å². The summed E-state index contributed by atoms with van der Waals surface area (Å²) in [5.41, 5.74) is 1.12. The molecule has 0 saturated carbocycles. The molecule has 2 rings (SSSR count). The van der Waals surface area contributed by atoms with E-state index in [0.29, 0.717) is 19.9 Å². The van der Waals surface area contributed by atoms with Crippen molar-refractivity contribution in [3.8, 4) is 11.3 Å². The van der Waals surface area contributed by atoms with E-state index in [1.54, 1.807) is 6.07 Å². The Labute approximate surface area is 98.5 Å². The van der Waals surface area contributed by atoms with Crippen molar-refractivity contribution in [2.45, 2.75) is 0 Å². The van der Waals surface area contributed by atoms with E-state index in [1.807, 2.05) is 0 Å². The Kier molecular flexibility index (Phi) is 2.68. The van der Waals surface area contributed by atoms with Crippen LogP contribution in [-0.2, 0) is 0 Å². The van der Waals surface area contributed by atoms with Gasteiger partial charge in [0.25, 0.3) is 0 Å². The molecule has 2 N–H and O–H groups in total. The van der Waals surface area contributed by atoms with Crippen LogP contribution in [0.25, 0.3) is 11.3 Å². The Morgan fingerprint density at radius 3 is 2.67 bits per heavy atom. The second-order valence-electron chi connectivity index (χ2n) is 2.71. The summed E-state index contributed by atoms with van der Waals surface area (Å²) in [6.45, 7) is 0. The van der Waals surface area contributed by atoms with E-state index in [1.165, 1.54) is 17.4 Å². The number of H-pyrrole nitrogens is 1. The van der Waals surface area contributed by atoms with Crippen LogP contribution in [0.15, 0.2) is 12.1 Å². The number of nitrogens with one attached hydrogen (secondary N) is 1. The molecule has 4 nitrogen and oxygen atoms in total. The topological polar surface area (TPSA) is 66.0 Å². The average Bonchev–Trinajstić information content (AvgIpc) is 2.71. The lowest BCUT2D eigenvalue weighted by Gasteiger charge is -1.88. The van der Waals surface area contributed by atoms with Gasteiger partial charge in [0.05, 0.1) is 10.0 Å². The second kappa shape index (κ2) is 3.84. The minimum atomic E-state index is -1.06. The maximum atomic E-state index is 10.6. The largest absolute Gasteiger partial charge is 0.477 e. The number of aromatic amines is 1. The molecule has 0 aliphatic rings. The number of hydrogen-bond acceptors (Lipinski definition) is 3. The van der Waals surface area contributed by atoms with E-state index < -0.39 is 5.97 Å². The minimum Gasteiger partial charge on any atom is -0.477 e. The number of thiophene rings is 1. The molecule has 7 heteroatoms. The third-order valence-electron chi connectivity index (χ3n) is 1.74. The van der Waals surface area contributed by atoms with E-state index >= 15 is 0 Å². The first-order valence-electron chi connectivity index (χ1n) is 3.82. The molecular weight excluding hydrogens is 259 g/mol. The minimum absolute atomic E-state index is 0.0170.